The number of methoxy groups -OCH3 is 1. The molecule has 2 aromatic carbocycles. The first kappa shape index (κ1) is 21.8. The molecule has 1 atom stereocenters. The van der Waals surface area contributed by atoms with E-state index >= 15 is 0 Å². The number of piperazine rings is 1. The van der Waals surface area contributed by atoms with E-state index in [0.717, 1.165) is 24.5 Å². The number of amides is 2. The molecule has 1 unspecified atom stereocenters. The van der Waals surface area contributed by atoms with Gasteiger partial charge in [-0.2, -0.15) is 0 Å². The molecule has 0 spiro atoms. The zero-order valence-electron chi connectivity index (χ0n) is 18.3. The first-order valence-electron chi connectivity index (χ1n) is 10.8. The van der Waals surface area contributed by atoms with Gasteiger partial charge in [-0.15, -0.1) is 0 Å². The van der Waals surface area contributed by atoms with Crippen LogP contribution >= 0.6 is 0 Å². The van der Waals surface area contributed by atoms with Gasteiger partial charge in [0.2, 0.25) is 5.91 Å². The van der Waals surface area contributed by atoms with Gasteiger partial charge < -0.3 is 14.4 Å². The number of carbonyl (C=O) groups is 3. The predicted molar refractivity (Wildman–Crippen MR) is 120 cm³/mol. The third-order valence-electron chi connectivity index (χ3n) is 5.95. The largest absolute Gasteiger partial charge is 0.497 e. The lowest BCUT2D eigenvalue weighted by atomic mass is 10.1. The molecule has 0 radical (unpaired) electrons. The van der Waals surface area contributed by atoms with E-state index < -0.39 is 12.0 Å². The van der Waals surface area contributed by atoms with E-state index in [0.29, 0.717) is 24.3 Å². The van der Waals surface area contributed by atoms with Crippen LogP contribution in [0.4, 0.5) is 11.4 Å². The number of benzene rings is 2. The SMILES string of the molecule is CCOC(=O)c1ccc(N2C(=O)CC(N3CCN(c4ccc(OC)cc4)CC3)C2=O)cc1. The van der Waals surface area contributed by atoms with Gasteiger partial charge >= 0.3 is 5.97 Å². The lowest BCUT2D eigenvalue weighted by Crippen LogP contribution is -2.52. The summed E-state index contributed by atoms with van der Waals surface area (Å²) in [5, 5.41) is 0. The maximum absolute atomic E-state index is 13.1. The molecule has 2 heterocycles. The van der Waals surface area contributed by atoms with E-state index in [1.54, 1.807) is 38.3 Å². The fourth-order valence-corrected chi connectivity index (χ4v) is 4.22. The summed E-state index contributed by atoms with van der Waals surface area (Å²) < 4.78 is 10.2. The van der Waals surface area contributed by atoms with E-state index in [-0.39, 0.29) is 24.8 Å². The Morgan fingerprint density at radius 3 is 2.16 bits per heavy atom. The number of anilines is 2. The fourth-order valence-electron chi connectivity index (χ4n) is 4.22. The lowest BCUT2D eigenvalue weighted by molar-refractivity contribution is -0.123. The predicted octanol–water partition coefficient (Wildman–Crippen LogP) is 2.33. The molecule has 2 saturated heterocycles. The fraction of sp³-hybridized carbons (Fsp3) is 0.375. The summed E-state index contributed by atoms with van der Waals surface area (Å²) in [6.07, 6.45) is 0.168. The quantitative estimate of drug-likeness (QED) is 0.507. The molecular formula is C24H27N3O5. The van der Waals surface area contributed by atoms with Crippen LogP contribution in [0.1, 0.15) is 23.7 Å². The normalized spacial score (nSPS) is 19.4. The second-order valence-corrected chi connectivity index (χ2v) is 7.78. The van der Waals surface area contributed by atoms with Crippen LogP contribution in [-0.4, -0.2) is 68.6 Å². The van der Waals surface area contributed by atoms with Crippen molar-refractivity contribution in [1.82, 2.24) is 4.90 Å². The summed E-state index contributed by atoms with van der Waals surface area (Å²) in [5.41, 5.74) is 1.98. The van der Waals surface area contributed by atoms with Crippen molar-refractivity contribution in [2.75, 3.05) is 49.7 Å². The Morgan fingerprint density at radius 1 is 0.938 bits per heavy atom. The van der Waals surface area contributed by atoms with Crippen molar-refractivity contribution in [2.24, 2.45) is 0 Å². The monoisotopic (exact) mass is 437 g/mol. The summed E-state index contributed by atoms with van der Waals surface area (Å²) >= 11 is 0. The van der Waals surface area contributed by atoms with Crippen molar-refractivity contribution in [1.29, 1.82) is 0 Å². The van der Waals surface area contributed by atoms with Crippen LogP contribution in [0.25, 0.3) is 0 Å². The van der Waals surface area contributed by atoms with Crippen LogP contribution in [0, 0.1) is 0 Å². The molecule has 32 heavy (non-hydrogen) atoms. The maximum atomic E-state index is 13.1. The van der Waals surface area contributed by atoms with Gasteiger partial charge in [0.25, 0.3) is 5.91 Å². The molecule has 2 amide bonds. The average Bonchev–Trinajstić information content (AvgIpc) is 3.13. The van der Waals surface area contributed by atoms with Crippen molar-refractivity contribution >= 4 is 29.2 Å². The Morgan fingerprint density at radius 2 is 1.56 bits per heavy atom. The second-order valence-electron chi connectivity index (χ2n) is 7.78. The Kier molecular flexibility index (Phi) is 6.41. The van der Waals surface area contributed by atoms with Crippen LogP contribution in [0.3, 0.4) is 0 Å². The highest BCUT2D eigenvalue weighted by atomic mass is 16.5. The van der Waals surface area contributed by atoms with Gasteiger partial charge in [-0.3, -0.25) is 14.5 Å². The van der Waals surface area contributed by atoms with Crippen LogP contribution in [0.2, 0.25) is 0 Å². The summed E-state index contributed by atoms with van der Waals surface area (Å²) in [6, 6.07) is 13.9. The Hall–Kier alpha value is -3.39. The number of imide groups is 1. The van der Waals surface area contributed by atoms with Crippen molar-refractivity contribution in [3.63, 3.8) is 0 Å². The minimum atomic E-state index is -0.453. The van der Waals surface area contributed by atoms with Crippen molar-refractivity contribution in [2.45, 2.75) is 19.4 Å². The highest BCUT2D eigenvalue weighted by molar-refractivity contribution is 6.22. The molecule has 0 aliphatic carbocycles. The number of rotatable bonds is 6. The molecule has 0 N–H and O–H groups in total. The summed E-state index contributed by atoms with van der Waals surface area (Å²) in [7, 11) is 1.64. The molecule has 8 nitrogen and oxygen atoms in total. The molecule has 0 bridgehead atoms. The van der Waals surface area contributed by atoms with E-state index in [1.165, 1.54) is 4.90 Å². The van der Waals surface area contributed by atoms with Gasteiger partial charge in [-0.1, -0.05) is 0 Å². The van der Waals surface area contributed by atoms with Gasteiger partial charge in [-0.05, 0) is 55.5 Å². The lowest BCUT2D eigenvalue weighted by Gasteiger charge is -2.38. The molecule has 2 aromatic rings. The average molecular weight is 437 g/mol. The highest BCUT2D eigenvalue weighted by Crippen LogP contribution is 2.28. The third kappa shape index (κ3) is 4.31. The standard InChI is InChI=1S/C24H27N3O5/c1-3-32-24(30)17-4-6-19(7-5-17)27-22(28)16-21(23(27)29)26-14-12-25(13-15-26)18-8-10-20(31-2)11-9-18/h4-11,21H,3,12-16H2,1-2H3. The second kappa shape index (κ2) is 9.40. The zero-order valence-corrected chi connectivity index (χ0v) is 18.3. The third-order valence-corrected chi connectivity index (χ3v) is 5.95. The Bertz CT molecular complexity index is 982. The molecule has 0 saturated carbocycles. The van der Waals surface area contributed by atoms with E-state index in [4.69, 9.17) is 9.47 Å². The van der Waals surface area contributed by atoms with Gasteiger partial charge in [-0.25, -0.2) is 9.69 Å². The van der Waals surface area contributed by atoms with Crippen molar-refractivity contribution < 1.29 is 23.9 Å². The van der Waals surface area contributed by atoms with Crippen molar-refractivity contribution in [3.8, 4) is 5.75 Å². The molecule has 2 aliphatic rings. The Labute approximate surface area is 187 Å². The maximum Gasteiger partial charge on any atom is 0.338 e. The van der Waals surface area contributed by atoms with Gasteiger partial charge in [0.1, 0.15) is 5.75 Å². The van der Waals surface area contributed by atoms with Gasteiger partial charge in [0.05, 0.1) is 37.4 Å². The molecule has 4 rings (SSSR count). The number of ether oxygens (including phenoxy) is 2. The number of nitrogens with zero attached hydrogens (tertiary/aromatic N) is 3. The van der Waals surface area contributed by atoms with Crippen molar-refractivity contribution in [3.05, 3.63) is 54.1 Å². The molecular weight excluding hydrogens is 410 g/mol. The first-order chi connectivity index (χ1) is 15.5. The minimum absolute atomic E-state index is 0.168. The van der Waals surface area contributed by atoms with Crippen LogP contribution in [0.15, 0.2) is 48.5 Å². The minimum Gasteiger partial charge on any atom is -0.497 e. The number of hydrogen-bond acceptors (Lipinski definition) is 7. The van der Waals surface area contributed by atoms with Crippen LogP contribution < -0.4 is 14.5 Å². The Balaban J connectivity index is 1.39. The highest BCUT2D eigenvalue weighted by Gasteiger charge is 2.43. The molecule has 0 aromatic heterocycles. The molecule has 168 valence electrons. The number of hydrogen-bond donors (Lipinski definition) is 0. The number of esters is 1. The van der Waals surface area contributed by atoms with Gasteiger partial charge in [0, 0.05) is 31.9 Å². The van der Waals surface area contributed by atoms with E-state index in [9.17, 15) is 14.4 Å². The van der Waals surface area contributed by atoms with Crippen LogP contribution in [-0.2, 0) is 14.3 Å². The summed E-state index contributed by atoms with van der Waals surface area (Å²) in [4.78, 5) is 43.2. The topological polar surface area (TPSA) is 79.4 Å². The van der Waals surface area contributed by atoms with E-state index in [2.05, 4.69) is 9.80 Å². The van der Waals surface area contributed by atoms with Gasteiger partial charge in [0.15, 0.2) is 0 Å². The smallest absolute Gasteiger partial charge is 0.338 e. The summed E-state index contributed by atoms with van der Waals surface area (Å²) in [5.74, 6) is -0.0400. The number of carbonyl (C=O) groups excluding carboxylic acids is 3. The van der Waals surface area contributed by atoms with E-state index in [1.807, 2.05) is 24.3 Å². The summed E-state index contributed by atoms with van der Waals surface area (Å²) in [6.45, 7) is 4.98. The molecule has 8 heteroatoms. The molecule has 2 aliphatic heterocycles. The zero-order chi connectivity index (χ0) is 22.7. The molecule has 2 fully saturated rings. The first-order valence-corrected chi connectivity index (χ1v) is 10.8. The van der Waals surface area contributed by atoms with Crippen LogP contribution in [0.5, 0.6) is 5.75 Å².